The number of carbonyl (C=O) groups is 3. The van der Waals surface area contributed by atoms with E-state index in [1.165, 1.54) is 48.5 Å². The van der Waals surface area contributed by atoms with Gasteiger partial charge in [-0.1, -0.05) is 0 Å². The third-order valence-corrected chi connectivity index (χ3v) is 8.06. The quantitative estimate of drug-likeness (QED) is 0.0656. The van der Waals surface area contributed by atoms with E-state index in [9.17, 15) is 34.6 Å². The van der Waals surface area contributed by atoms with E-state index in [4.69, 9.17) is 20.9 Å². The number of hydrogen-bond acceptors (Lipinski definition) is 11. The Morgan fingerprint density at radius 2 is 1.33 bits per heavy atom. The first kappa shape index (κ1) is 32.8. The second-order valence-corrected chi connectivity index (χ2v) is 11.0. The molecule has 1 atom stereocenters. The number of nitrogens with two attached hydrogens (primary N) is 2. The summed E-state index contributed by atoms with van der Waals surface area (Å²) in [4.78, 5) is 65.6. The fourth-order valence-electron chi connectivity index (χ4n) is 5.62. The second-order valence-electron chi connectivity index (χ2n) is 11.0. The molecule has 2 aliphatic rings. The number of esters is 2. The van der Waals surface area contributed by atoms with Crippen LogP contribution in [0.15, 0.2) is 53.5 Å². The lowest BCUT2D eigenvalue weighted by Gasteiger charge is -2.37. The molecule has 4 rings (SSSR count). The summed E-state index contributed by atoms with van der Waals surface area (Å²) in [5, 5.41) is 28.2. The minimum absolute atomic E-state index is 0.0414. The molecule has 1 heterocycles. The van der Waals surface area contributed by atoms with Gasteiger partial charge in [0.2, 0.25) is 5.91 Å². The molecule has 0 bridgehead atoms. The molecular weight excluding hydrogens is 590 g/mol. The van der Waals surface area contributed by atoms with E-state index >= 15 is 0 Å². The summed E-state index contributed by atoms with van der Waals surface area (Å²) in [6.45, 7) is 0.821. The van der Waals surface area contributed by atoms with E-state index in [-0.39, 0.29) is 55.3 Å². The molecule has 1 aliphatic carbocycles. The third-order valence-electron chi connectivity index (χ3n) is 8.06. The zero-order valence-electron chi connectivity index (χ0n) is 24.4. The number of nitro benzene ring substituents is 2. The number of non-ortho nitro benzene ring substituents is 2. The number of hydrogen-bond donors (Lipinski definition) is 4. The number of nitrogens with one attached hydrogen (secondary N) is 2. The first-order valence-corrected chi connectivity index (χ1v) is 14.4. The van der Waals surface area contributed by atoms with Crippen molar-refractivity contribution in [2.24, 2.45) is 28.3 Å². The Hall–Kier alpha value is -5.12. The summed E-state index contributed by atoms with van der Waals surface area (Å²) >= 11 is 0. The second kappa shape index (κ2) is 14.6. The Balaban J connectivity index is 1.56. The molecule has 1 saturated carbocycles. The average molecular weight is 626 g/mol. The zero-order valence-corrected chi connectivity index (χ0v) is 24.4. The van der Waals surface area contributed by atoms with Crippen molar-refractivity contribution in [3.8, 4) is 0 Å². The molecule has 0 spiro atoms. The van der Waals surface area contributed by atoms with Crippen molar-refractivity contribution in [3.05, 3.63) is 79.9 Å². The molecule has 1 amide bonds. The minimum Gasteiger partial charge on any atom is -0.459 e. The molecule has 2 aromatic rings. The molecule has 16 heteroatoms. The highest BCUT2D eigenvalue weighted by atomic mass is 16.6. The summed E-state index contributed by atoms with van der Waals surface area (Å²) in [5.74, 6) is -3.99. The number of nitrogens with zero attached hydrogens (tertiary/aromatic N) is 3. The Labute approximate surface area is 257 Å². The van der Waals surface area contributed by atoms with Crippen molar-refractivity contribution >= 4 is 35.2 Å². The van der Waals surface area contributed by atoms with Crippen molar-refractivity contribution in [3.63, 3.8) is 0 Å². The van der Waals surface area contributed by atoms with Crippen LogP contribution >= 0.6 is 0 Å². The largest absolute Gasteiger partial charge is 0.459 e. The lowest BCUT2D eigenvalue weighted by atomic mass is 9.71. The maximum absolute atomic E-state index is 13.9. The van der Waals surface area contributed by atoms with Gasteiger partial charge in [0, 0.05) is 48.7 Å². The number of nitro groups is 2. The Bertz CT molecular complexity index is 1360. The molecule has 2 fully saturated rings. The number of guanidine groups is 1. The number of ether oxygens (including phenoxy) is 2. The van der Waals surface area contributed by atoms with Crippen molar-refractivity contribution in [1.82, 2.24) is 10.6 Å². The number of aliphatic imine (C=N–C) groups is 1. The van der Waals surface area contributed by atoms with Crippen LogP contribution in [0.4, 0.5) is 11.4 Å². The monoisotopic (exact) mass is 625 g/mol. The van der Waals surface area contributed by atoms with E-state index < -0.39 is 39.2 Å². The van der Waals surface area contributed by atoms with Gasteiger partial charge in [0.1, 0.15) is 13.2 Å². The number of carbonyl (C=O) groups excluding carboxylic acids is 3. The summed E-state index contributed by atoms with van der Waals surface area (Å²) in [6, 6.07) is 10.7. The van der Waals surface area contributed by atoms with Gasteiger partial charge in [0.25, 0.3) is 16.9 Å². The SMILES string of the molecule is NC(N)=NC(C(=O)OCc1ccc([N+](=O)[O-])cc1)(C(=O)OCc1ccc([N+](=O)[O-])cc1)C1CCC(C(=O)N[C@H]2CCNC2)CC1. The molecule has 1 saturated heterocycles. The highest BCUT2D eigenvalue weighted by Crippen LogP contribution is 2.40. The number of benzene rings is 2. The van der Waals surface area contributed by atoms with E-state index in [0.717, 1.165) is 13.0 Å². The maximum atomic E-state index is 13.9. The Morgan fingerprint density at radius 1 is 0.844 bits per heavy atom. The summed E-state index contributed by atoms with van der Waals surface area (Å²) in [7, 11) is 0. The fraction of sp³-hybridized carbons (Fsp3) is 0.448. The lowest BCUT2D eigenvalue weighted by Crippen LogP contribution is -2.56. The standard InChI is InChI=1S/C29H35N7O9/c30-28(31)34-29(26(38)44-16-18-1-9-23(10-2-18)35(40)41,27(39)45-17-19-3-11-24(12-4-19)36(42)43)21-7-5-20(6-8-21)25(37)33-22-13-14-32-15-22/h1-4,9-12,20-22,32H,5-8,13-17H2,(H,33,37)(H4,30,31,34)/t20?,21?,22-/m0/s1. The third kappa shape index (κ3) is 8.08. The van der Waals surface area contributed by atoms with Crippen LogP contribution in [0, 0.1) is 32.1 Å². The van der Waals surface area contributed by atoms with Crippen LogP contribution in [0.1, 0.15) is 43.2 Å². The van der Waals surface area contributed by atoms with E-state index in [0.29, 0.717) is 30.5 Å². The van der Waals surface area contributed by atoms with E-state index in [2.05, 4.69) is 15.6 Å². The van der Waals surface area contributed by atoms with Crippen LogP contribution in [0.3, 0.4) is 0 Å². The van der Waals surface area contributed by atoms with Crippen molar-refractivity contribution in [1.29, 1.82) is 0 Å². The Kier molecular flexibility index (Phi) is 10.6. The van der Waals surface area contributed by atoms with Crippen LogP contribution in [0.5, 0.6) is 0 Å². The molecule has 6 N–H and O–H groups in total. The van der Waals surface area contributed by atoms with Crippen molar-refractivity contribution < 1.29 is 33.7 Å². The molecule has 0 radical (unpaired) electrons. The van der Waals surface area contributed by atoms with Crippen LogP contribution in [-0.4, -0.2) is 58.3 Å². The fourth-order valence-corrected chi connectivity index (χ4v) is 5.62. The van der Waals surface area contributed by atoms with Gasteiger partial charge < -0.3 is 31.6 Å². The average Bonchev–Trinajstić information content (AvgIpc) is 3.54. The van der Waals surface area contributed by atoms with Gasteiger partial charge in [0.15, 0.2) is 5.96 Å². The molecule has 0 unspecified atom stereocenters. The van der Waals surface area contributed by atoms with Gasteiger partial charge in [-0.05, 0) is 74.0 Å². The van der Waals surface area contributed by atoms with Gasteiger partial charge in [-0.3, -0.25) is 25.0 Å². The summed E-state index contributed by atoms with van der Waals surface area (Å²) < 4.78 is 11.1. The predicted octanol–water partition coefficient (Wildman–Crippen LogP) is 1.59. The first-order valence-electron chi connectivity index (χ1n) is 14.4. The minimum atomic E-state index is -2.32. The maximum Gasteiger partial charge on any atom is 0.346 e. The predicted molar refractivity (Wildman–Crippen MR) is 159 cm³/mol. The topological polar surface area (TPSA) is 244 Å². The molecule has 16 nitrogen and oxygen atoms in total. The summed E-state index contributed by atoms with van der Waals surface area (Å²) in [5.41, 5.74) is 9.69. The number of amides is 1. The molecule has 1 aliphatic heterocycles. The lowest BCUT2D eigenvalue weighted by molar-refractivity contribution is -0.385. The highest BCUT2D eigenvalue weighted by molar-refractivity contribution is 6.07. The molecule has 45 heavy (non-hydrogen) atoms. The van der Waals surface area contributed by atoms with Crippen molar-refractivity contribution in [2.45, 2.75) is 56.9 Å². The molecule has 2 aromatic carbocycles. The van der Waals surface area contributed by atoms with Gasteiger partial charge >= 0.3 is 11.9 Å². The van der Waals surface area contributed by atoms with E-state index in [1.807, 2.05) is 0 Å². The van der Waals surface area contributed by atoms with Crippen LogP contribution < -0.4 is 22.1 Å². The molecular formula is C29H35N7O9. The highest BCUT2D eigenvalue weighted by Gasteiger charge is 2.56. The van der Waals surface area contributed by atoms with E-state index in [1.54, 1.807) is 0 Å². The van der Waals surface area contributed by atoms with Gasteiger partial charge in [-0.2, -0.15) is 0 Å². The zero-order chi connectivity index (χ0) is 32.6. The Morgan fingerprint density at radius 3 is 1.73 bits per heavy atom. The first-order chi connectivity index (χ1) is 21.5. The van der Waals surface area contributed by atoms with Crippen molar-refractivity contribution in [2.75, 3.05) is 13.1 Å². The van der Waals surface area contributed by atoms with Crippen LogP contribution in [-0.2, 0) is 37.1 Å². The normalized spacial score (nSPS) is 19.6. The van der Waals surface area contributed by atoms with Gasteiger partial charge in [-0.25, -0.2) is 14.6 Å². The van der Waals surface area contributed by atoms with Gasteiger partial charge in [0.05, 0.1) is 9.85 Å². The number of rotatable bonds is 12. The molecule has 0 aromatic heterocycles. The van der Waals surface area contributed by atoms with Crippen LogP contribution in [0.2, 0.25) is 0 Å². The summed E-state index contributed by atoms with van der Waals surface area (Å²) in [6.07, 6.45) is 1.97. The van der Waals surface area contributed by atoms with Crippen LogP contribution in [0.25, 0.3) is 0 Å². The smallest absolute Gasteiger partial charge is 0.346 e. The molecule has 240 valence electrons. The van der Waals surface area contributed by atoms with Gasteiger partial charge in [-0.15, -0.1) is 0 Å².